The molecule has 8 heteroatoms. The molecule has 0 aromatic heterocycles. The third-order valence-corrected chi connectivity index (χ3v) is 5.72. The van der Waals surface area contributed by atoms with Crippen LogP contribution in [-0.2, 0) is 19.5 Å². The first-order valence-electron chi connectivity index (χ1n) is 6.86. The number of hydrogen-bond donors (Lipinski definition) is 0. The van der Waals surface area contributed by atoms with E-state index < -0.39 is 27.4 Å². The molecule has 1 aromatic carbocycles. The van der Waals surface area contributed by atoms with Gasteiger partial charge in [0.15, 0.2) is 5.79 Å². The highest BCUT2D eigenvalue weighted by Gasteiger charge is 2.52. The molecule has 2 saturated heterocycles. The van der Waals surface area contributed by atoms with Gasteiger partial charge in [0.2, 0.25) is 10.0 Å². The maximum absolute atomic E-state index is 13.2. The van der Waals surface area contributed by atoms with Gasteiger partial charge < -0.3 is 9.47 Å². The minimum Gasteiger partial charge on any atom is -0.350 e. The van der Waals surface area contributed by atoms with E-state index in [2.05, 4.69) is 0 Å². The van der Waals surface area contributed by atoms with E-state index >= 15 is 0 Å². The molecule has 0 aliphatic carbocycles. The zero-order valence-electron chi connectivity index (χ0n) is 12.3. The second kappa shape index (κ2) is 4.95. The largest absolute Gasteiger partial charge is 0.350 e. The van der Waals surface area contributed by atoms with Crippen molar-refractivity contribution in [1.82, 2.24) is 4.31 Å². The summed E-state index contributed by atoms with van der Waals surface area (Å²) in [6.07, 6.45) is 0. The zero-order chi connectivity index (χ0) is 16.2. The van der Waals surface area contributed by atoms with Gasteiger partial charge in [0.25, 0.3) is 0 Å². The van der Waals surface area contributed by atoms with Crippen LogP contribution in [0.2, 0.25) is 0 Å². The van der Waals surface area contributed by atoms with Gasteiger partial charge in [0, 0.05) is 24.6 Å². The van der Waals surface area contributed by atoms with Crippen molar-refractivity contribution >= 4 is 10.0 Å². The Hall–Kier alpha value is -1.09. The molecule has 0 unspecified atom stereocenters. The molecule has 22 heavy (non-hydrogen) atoms. The molecule has 122 valence electrons. The molecule has 0 saturated carbocycles. The molecule has 0 atom stereocenters. The predicted molar refractivity (Wildman–Crippen MR) is 73.5 cm³/mol. The third-order valence-electron chi connectivity index (χ3n) is 3.95. The normalized spacial score (nSPS) is 24.2. The SMILES string of the molecule is CC1(C)OCC2(CO1)CN(S(=O)(=O)c1cc(F)cc(F)c1)C2. The molecule has 0 radical (unpaired) electrons. The van der Waals surface area contributed by atoms with Crippen LogP contribution in [-0.4, -0.2) is 44.8 Å². The minimum atomic E-state index is -3.91. The summed E-state index contributed by atoms with van der Waals surface area (Å²) in [4.78, 5) is -0.377. The summed E-state index contributed by atoms with van der Waals surface area (Å²) in [5, 5.41) is 0. The van der Waals surface area contributed by atoms with E-state index in [1.54, 1.807) is 13.8 Å². The Morgan fingerprint density at radius 3 is 2.05 bits per heavy atom. The Bertz CT molecular complexity index is 667. The van der Waals surface area contributed by atoms with E-state index in [4.69, 9.17) is 9.47 Å². The van der Waals surface area contributed by atoms with Crippen LogP contribution in [0.4, 0.5) is 8.78 Å². The van der Waals surface area contributed by atoms with Crippen molar-refractivity contribution in [3.8, 4) is 0 Å². The first kappa shape index (κ1) is 15.8. The van der Waals surface area contributed by atoms with E-state index in [0.29, 0.717) is 19.3 Å². The molecule has 0 amide bonds. The molecule has 2 heterocycles. The van der Waals surface area contributed by atoms with Gasteiger partial charge in [-0.3, -0.25) is 0 Å². The second-order valence-corrected chi connectivity index (χ2v) is 8.29. The molecule has 1 spiro atoms. The summed E-state index contributed by atoms with van der Waals surface area (Å²) >= 11 is 0. The summed E-state index contributed by atoms with van der Waals surface area (Å²) in [7, 11) is -3.91. The zero-order valence-corrected chi connectivity index (χ0v) is 13.1. The number of benzene rings is 1. The van der Waals surface area contributed by atoms with Gasteiger partial charge in [-0.2, -0.15) is 4.31 Å². The van der Waals surface area contributed by atoms with Gasteiger partial charge in [0.05, 0.1) is 18.1 Å². The smallest absolute Gasteiger partial charge is 0.243 e. The summed E-state index contributed by atoms with van der Waals surface area (Å²) in [5.41, 5.74) is -0.380. The van der Waals surface area contributed by atoms with Crippen molar-refractivity contribution in [2.45, 2.75) is 24.5 Å². The lowest BCUT2D eigenvalue weighted by Gasteiger charge is -2.53. The van der Waals surface area contributed by atoms with Crippen molar-refractivity contribution < 1.29 is 26.7 Å². The Morgan fingerprint density at radius 2 is 1.55 bits per heavy atom. The molecule has 3 rings (SSSR count). The highest BCUT2D eigenvalue weighted by Crippen LogP contribution is 2.40. The first-order valence-corrected chi connectivity index (χ1v) is 8.30. The quantitative estimate of drug-likeness (QED) is 0.827. The van der Waals surface area contributed by atoms with E-state index in [1.807, 2.05) is 0 Å². The van der Waals surface area contributed by atoms with E-state index in [0.717, 1.165) is 12.1 Å². The van der Waals surface area contributed by atoms with Gasteiger partial charge in [-0.25, -0.2) is 17.2 Å². The highest BCUT2D eigenvalue weighted by atomic mass is 32.2. The lowest BCUT2D eigenvalue weighted by molar-refractivity contribution is -0.299. The van der Waals surface area contributed by atoms with Crippen LogP contribution < -0.4 is 0 Å². The van der Waals surface area contributed by atoms with Crippen molar-refractivity contribution in [2.75, 3.05) is 26.3 Å². The number of halogens is 2. The van der Waals surface area contributed by atoms with Crippen molar-refractivity contribution in [1.29, 1.82) is 0 Å². The topological polar surface area (TPSA) is 55.8 Å². The number of hydrogen-bond acceptors (Lipinski definition) is 4. The average Bonchev–Trinajstić information content (AvgIpc) is 2.35. The van der Waals surface area contributed by atoms with Crippen LogP contribution in [0, 0.1) is 17.0 Å². The molecular formula is C14H17F2NO4S. The highest BCUT2D eigenvalue weighted by molar-refractivity contribution is 7.89. The van der Waals surface area contributed by atoms with Gasteiger partial charge in [0.1, 0.15) is 11.6 Å². The Kier molecular flexibility index (Phi) is 3.56. The molecule has 0 N–H and O–H groups in total. The van der Waals surface area contributed by atoms with Crippen LogP contribution >= 0.6 is 0 Å². The van der Waals surface area contributed by atoms with Crippen LogP contribution in [0.1, 0.15) is 13.8 Å². The van der Waals surface area contributed by atoms with Crippen LogP contribution in [0.5, 0.6) is 0 Å². The number of sulfonamides is 1. The maximum atomic E-state index is 13.2. The van der Waals surface area contributed by atoms with Gasteiger partial charge >= 0.3 is 0 Å². The monoisotopic (exact) mass is 333 g/mol. The minimum absolute atomic E-state index is 0.212. The van der Waals surface area contributed by atoms with Gasteiger partial charge in [-0.05, 0) is 26.0 Å². The Morgan fingerprint density at radius 1 is 1.05 bits per heavy atom. The lowest BCUT2D eigenvalue weighted by Crippen LogP contribution is -2.65. The Labute approximate surface area is 127 Å². The predicted octanol–water partition coefficient (Wildman–Crippen LogP) is 1.74. The molecule has 1 aromatic rings. The fourth-order valence-electron chi connectivity index (χ4n) is 2.62. The number of nitrogens with zero attached hydrogens (tertiary/aromatic N) is 1. The molecular weight excluding hydrogens is 316 g/mol. The van der Waals surface area contributed by atoms with Gasteiger partial charge in [-0.1, -0.05) is 0 Å². The lowest BCUT2D eigenvalue weighted by atomic mass is 9.82. The van der Waals surface area contributed by atoms with Crippen molar-refractivity contribution in [3.63, 3.8) is 0 Å². The van der Waals surface area contributed by atoms with Crippen molar-refractivity contribution in [3.05, 3.63) is 29.8 Å². The molecule has 2 fully saturated rings. The Balaban J connectivity index is 1.74. The molecule has 5 nitrogen and oxygen atoms in total. The van der Waals surface area contributed by atoms with E-state index in [9.17, 15) is 17.2 Å². The van der Waals surface area contributed by atoms with Crippen LogP contribution in [0.25, 0.3) is 0 Å². The molecule has 2 aliphatic rings. The second-order valence-electron chi connectivity index (χ2n) is 6.36. The number of rotatable bonds is 2. The van der Waals surface area contributed by atoms with Crippen molar-refractivity contribution in [2.24, 2.45) is 5.41 Å². The first-order chi connectivity index (χ1) is 10.1. The van der Waals surface area contributed by atoms with E-state index in [1.165, 1.54) is 4.31 Å². The summed E-state index contributed by atoms with van der Waals surface area (Å²) in [6.45, 7) is 4.80. The fourth-order valence-corrected chi connectivity index (χ4v) is 4.33. The summed E-state index contributed by atoms with van der Waals surface area (Å²) < 4.78 is 63.5. The maximum Gasteiger partial charge on any atom is 0.243 e. The summed E-state index contributed by atoms with van der Waals surface area (Å²) in [6, 6.07) is 2.28. The summed E-state index contributed by atoms with van der Waals surface area (Å²) in [5.74, 6) is -2.50. The average molecular weight is 333 g/mol. The number of ether oxygens (including phenoxy) is 2. The van der Waals surface area contributed by atoms with Gasteiger partial charge in [-0.15, -0.1) is 0 Å². The van der Waals surface area contributed by atoms with E-state index in [-0.39, 0.29) is 23.4 Å². The third kappa shape index (κ3) is 2.76. The standard InChI is InChI=1S/C14H17F2NO4S/c1-13(2)20-8-14(9-21-13)6-17(7-14)22(18,19)12-4-10(15)3-11(16)5-12/h3-5H,6-9H2,1-2H3. The molecule has 2 aliphatic heterocycles. The molecule has 0 bridgehead atoms. The van der Waals surface area contributed by atoms with Crippen LogP contribution in [0.15, 0.2) is 23.1 Å². The fraction of sp³-hybridized carbons (Fsp3) is 0.571. The van der Waals surface area contributed by atoms with Crippen LogP contribution in [0.3, 0.4) is 0 Å².